The number of nitrogens with zero attached hydrogens (tertiary/aromatic N) is 5. The second-order valence-electron chi connectivity index (χ2n) is 7.43. The quantitative estimate of drug-likeness (QED) is 0.752. The summed E-state index contributed by atoms with van der Waals surface area (Å²) in [7, 11) is 2.13. The maximum Gasteiger partial charge on any atom is 0.258 e. The molecule has 0 saturated carbocycles. The van der Waals surface area contributed by atoms with Crippen LogP contribution < -0.4 is 10.5 Å². The van der Waals surface area contributed by atoms with Gasteiger partial charge < -0.3 is 14.8 Å². The number of fused-ring (bicyclic) bond motifs is 2. The van der Waals surface area contributed by atoms with E-state index in [1.54, 1.807) is 6.33 Å². The molecule has 1 aromatic carbocycles. The summed E-state index contributed by atoms with van der Waals surface area (Å²) in [5.74, 6) is 1.72. The van der Waals surface area contributed by atoms with Crippen LogP contribution in [0, 0.1) is 0 Å². The van der Waals surface area contributed by atoms with Crippen molar-refractivity contribution in [2.75, 3.05) is 25.0 Å². The Morgan fingerprint density at radius 3 is 3.00 bits per heavy atom. The van der Waals surface area contributed by atoms with E-state index in [1.165, 1.54) is 5.56 Å². The minimum atomic E-state index is -0.0769. The van der Waals surface area contributed by atoms with Crippen molar-refractivity contribution in [3.63, 3.8) is 0 Å². The third-order valence-electron chi connectivity index (χ3n) is 5.64. The molecule has 2 aromatic heterocycles. The Hall–Kier alpha value is -2.80. The van der Waals surface area contributed by atoms with Gasteiger partial charge in [0.1, 0.15) is 18.0 Å². The molecule has 0 aliphatic carbocycles. The summed E-state index contributed by atoms with van der Waals surface area (Å²) in [5, 5.41) is 0.631. The van der Waals surface area contributed by atoms with Crippen LogP contribution in [0.25, 0.3) is 10.9 Å². The second kappa shape index (κ2) is 6.42. The molecule has 1 atom stereocenters. The van der Waals surface area contributed by atoms with Crippen LogP contribution in [-0.4, -0.2) is 45.0 Å². The summed E-state index contributed by atoms with van der Waals surface area (Å²) in [6.07, 6.45) is 4.63. The van der Waals surface area contributed by atoms with Crippen molar-refractivity contribution >= 4 is 16.7 Å². The average molecular weight is 362 g/mol. The summed E-state index contributed by atoms with van der Waals surface area (Å²) >= 11 is 0. The van der Waals surface area contributed by atoms with E-state index in [1.807, 2.05) is 24.3 Å². The second-order valence-corrected chi connectivity index (χ2v) is 7.43. The van der Waals surface area contributed by atoms with Crippen LogP contribution in [0.1, 0.15) is 36.0 Å². The molecule has 0 amide bonds. The number of likely N-dealkylation sites (N-methyl/N-ethyl adjacent to an activating group) is 1. The van der Waals surface area contributed by atoms with Gasteiger partial charge in [-0.2, -0.15) is 0 Å². The van der Waals surface area contributed by atoms with Crippen LogP contribution >= 0.6 is 0 Å². The number of benzene rings is 1. The van der Waals surface area contributed by atoms with Crippen molar-refractivity contribution in [1.82, 2.24) is 24.8 Å². The predicted molar refractivity (Wildman–Crippen MR) is 104 cm³/mol. The van der Waals surface area contributed by atoms with Gasteiger partial charge in [-0.1, -0.05) is 12.1 Å². The first-order valence-corrected chi connectivity index (χ1v) is 9.47. The number of aromatic amines is 1. The lowest BCUT2D eigenvalue weighted by atomic mass is 10.1. The molecular formula is C20H22N6O. The lowest BCUT2D eigenvalue weighted by molar-refractivity contribution is 0.309. The fraction of sp³-hybridized carbons (Fsp3) is 0.400. The van der Waals surface area contributed by atoms with Crippen LogP contribution in [0.4, 0.5) is 5.82 Å². The summed E-state index contributed by atoms with van der Waals surface area (Å²) in [6, 6.07) is 7.53. The summed E-state index contributed by atoms with van der Waals surface area (Å²) in [5.41, 5.74) is 3.02. The maximum atomic E-state index is 12.5. The van der Waals surface area contributed by atoms with Gasteiger partial charge in [0.05, 0.1) is 22.6 Å². The highest BCUT2D eigenvalue weighted by atomic mass is 16.1. The lowest BCUT2D eigenvalue weighted by Crippen LogP contribution is -2.33. The normalized spacial score (nSPS) is 20.2. The molecule has 3 aromatic rings. The topological polar surface area (TPSA) is 78.0 Å². The van der Waals surface area contributed by atoms with Crippen molar-refractivity contribution in [3.05, 3.63) is 58.0 Å². The first-order chi connectivity index (χ1) is 13.2. The number of anilines is 1. The molecule has 2 aliphatic rings. The van der Waals surface area contributed by atoms with E-state index in [-0.39, 0.29) is 11.6 Å². The Labute approximate surface area is 157 Å². The molecule has 0 spiro atoms. The fourth-order valence-corrected chi connectivity index (χ4v) is 4.28. The van der Waals surface area contributed by atoms with Gasteiger partial charge >= 0.3 is 0 Å². The third-order valence-corrected chi connectivity index (χ3v) is 5.64. The highest BCUT2D eigenvalue weighted by molar-refractivity contribution is 5.77. The number of aromatic nitrogens is 4. The van der Waals surface area contributed by atoms with Gasteiger partial charge in [-0.25, -0.2) is 15.0 Å². The highest BCUT2D eigenvalue weighted by Gasteiger charge is 2.32. The molecule has 1 saturated heterocycles. The summed E-state index contributed by atoms with van der Waals surface area (Å²) in [6.45, 7) is 2.79. The van der Waals surface area contributed by atoms with Gasteiger partial charge in [0.25, 0.3) is 5.56 Å². The van der Waals surface area contributed by atoms with Crippen molar-refractivity contribution in [2.24, 2.45) is 0 Å². The van der Waals surface area contributed by atoms with Crippen molar-refractivity contribution in [1.29, 1.82) is 0 Å². The first-order valence-electron chi connectivity index (χ1n) is 9.47. The van der Waals surface area contributed by atoms with E-state index in [9.17, 15) is 4.79 Å². The van der Waals surface area contributed by atoms with E-state index in [4.69, 9.17) is 4.98 Å². The molecule has 1 N–H and O–H groups in total. The van der Waals surface area contributed by atoms with E-state index in [0.717, 1.165) is 61.7 Å². The SMILES string of the molecule is CN1CCc2ncnc(N3CCCC3c3nc4ccccc4c(=O)[nH]3)c2C1. The minimum absolute atomic E-state index is 0.0357. The molecule has 4 heterocycles. The number of hydrogen-bond acceptors (Lipinski definition) is 6. The van der Waals surface area contributed by atoms with Gasteiger partial charge in [0.15, 0.2) is 0 Å². The molecule has 5 rings (SSSR count). The number of H-pyrrole nitrogens is 1. The number of para-hydroxylation sites is 1. The molecule has 2 aliphatic heterocycles. The van der Waals surface area contributed by atoms with Crippen molar-refractivity contribution < 1.29 is 0 Å². The third kappa shape index (κ3) is 2.78. The van der Waals surface area contributed by atoms with E-state index >= 15 is 0 Å². The van der Waals surface area contributed by atoms with E-state index in [0.29, 0.717) is 5.39 Å². The Morgan fingerprint density at radius 2 is 2.07 bits per heavy atom. The summed E-state index contributed by atoms with van der Waals surface area (Å²) in [4.78, 5) is 34.1. The van der Waals surface area contributed by atoms with Crippen LogP contribution in [0.2, 0.25) is 0 Å². The monoisotopic (exact) mass is 362 g/mol. The molecule has 27 heavy (non-hydrogen) atoms. The molecule has 1 fully saturated rings. The van der Waals surface area contributed by atoms with E-state index in [2.05, 4.69) is 31.8 Å². The number of hydrogen-bond donors (Lipinski definition) is 1. The lowest BCUT2D eigenvalue weighted by Gasteiger charge is -2.31. The van der Waals surface area contributed by atoms with Gasteiger partial charge in [0, 0.05) is 31.6 Å². The van der Waals surface area contributed by atoms with Crippen LogP contribution in [0.3, 0.4) is 0 Å². The molecule has 1 unspecified atom stereocenters. The van der Waals surface area contributed by atoms with Gasteiger partial charge in [-0.3, -0.25) is 4.79 Å². The van der Waals surface area contributed by atoms with Crippen LogP contribution in [-0.2, 0) is 13.0 Å². The largest absolute Gasteiger partial charge is 0.346 e. The van der Waals surface area contributed by atoms with Crippen LogP contribution in [0.15, 0.2) is 35.4 Å². The Bertz CT molecular complexity index is 1060. The highest BCUT2D eigenvalue weighted by Crippen LogP contribution is 2.36. The predicted octanol–water partition coefficient (Wildman–Crippen LogP) is 2.04. The standard InChI is InChI=1S/C20H22N6O/c1-25-10-8-15-14(11-25)19(22-12-21-15)26-9-4-7-17(26)18-23-16-6-3-2-5-13(16)20(27)24-18/h2-3,5-6,12,17H,4,7-11H2,1H3,(H,23,24,27). The molecule has 138 valence electrons. The number of rotatable bonds is 2. The fourth-order valence-electron chi connectivity index (χ4n) is 4.28. The molecule has 0 radical (unpaired) electrons. The number of nitrogens with one attached hydrogen (secondary N) is 1. The van der Waals surface area contributed by atoms with Gasteiger partial charge in [-0.15, -0.1) is 0 Å². The Balaban J connectivity index is 1.58. The smallest absolute Gasteiger partial charge is 0.258 e. The zero-order valence-electron chi connectivity index (χ0n) is 15.4. The maximum absolute atomic E-state index is 12.5. The van der Waals surface area contributed by atoms with Crippen LogP contribution in [0.5, 0.6) is 0 Å². The molecular weight excluding hydrogens is 340 g/mol. The zero-order valence-corrected chi connectivity index (χ0v) is 15.4. The Morgan fingerprint density at radius 1 is 1.19 bits per heavy atom. The minimum Gasteiger partial charge on any atom is -0.346 e. The van der Waals surface area contributed by atoms with Crippen molar-refractivity contribution in [3.8, 4) is 0 Å². The zero-order chi connectivity index (χ0) is 18.4. The van der Waals surface area contributed by atoms with Crippen molar-refractivity contribution in [2.45, 2.75) is 31.8 Å². The summed E-state index contributed by atoms with van der Waals surface area (Å²) < 4.78 is 0. The average Bonchev–Trinajstić information content (AvgIpc) is 3.17. The van der Waals surface area contributed by atoms with Gasteiger partial charge in [-0.05, 0) is 32.0 Å². The Kier molecular flexibility index (Phi) is 3.89. The molecule has 0 bridgehead atoms. The first kappa shape index (κ1) is 16.4. The van der Waals surface area contributed by atoms with E-state index < -0.39 is 0 Å². The van der Waals surface area contributed by atoms with Gasteiger partial charge in [0.2, 0.25) is 0 Å². The molecule has 7 nitrogen and oxygen atoms in total. The molecule has 7 heteroatoms.